The zero-order valence-electron chi connectivity index (χ0n) is 16.5. The van der Waals surface area contributed by atoms with E-state index in [0.29, 0.717) is 11.3 Å². The first kappa shape index (κ1) is 21.6. The van der Waals surface area contributed by atoms with Crippen LogP contribution in [0.15, 0.2) is 40.8 Å². The second kappa shape index (κ2) is 8.56. The van der Waals surface area contributed by atoms with Crippen molar-refractivity contribution in [1.29, 1.82) is 5.26 Å². The number of nitro benzene ring substituents is 1. The van der Waals surface area contributed by atoms with Crippen molar-refractivity contribution in [3.63, 3.8) is 0 Å². The lowest BCUT2D eigenvalue weighted by Crippen LogP contribution is -2.52. The number of amides is 1. The first-order valence-corrected chi connectivity index (χ1v) is 8.86. The summed E-state index contributed by atoms with van der Waals surface area (Å²) in [4.78, 5) is 34.7. The molecular formula is C20H21N3O6. The van der Waals surface area contributed by atoms with Crippen molar-refractivity contribution in [2.75, 3.05) is 0 Å². The van der Waals surface area contributed by atoms with E-state index < -0.39 is 28.4 Å². The Morgan fingerprint density at radius 2 is 1.83 bits per heavy atom. The third-order valence-corrected chi connectivity index (χ3v) is 4.59. The molecule has 1 N–H and O–H groups in total. The summed E-state index contributed by atoms with van der Waals surface area (Å²) in [6.07, 6.45) is -1.14. The smallest absolute Gasteiger partial charge is 0.375 e. The summed E-state index contributed by atoms with van der Waals surface area (Å²) in [5.41, 5.74) is -0.612. The van der Waals surface area contributed by atoms with Crippen LogP contribution in [0.2, 0.25) is 0 Å². The van der Waals surface area contributed by atoms with Gasteiger partial charge in [0.25, 0.3) is 11.6 Å². The predicted octanol–water partition coefficient (Wildman–Crippen LogP) is 3.45. The van der Waals surface area contributed by atoms with E-state index in [1.54, 1.807) is 20.8 Å². The van der Waals surface area contributed by atoms with Crippen LogP contribution in [0, 0.1) is 27.4 Å². The first-order valence-electron chi connectivity index (χ1n) is 8.86. The van der Waals surface area contributed by atoms with E-state index in [0.717, 1.165) is 0 Å². The molecule has 9 heteroatoms. The highest BCUT2D eigenvalue weighted by atomic mass is 16.6. The predicted molar refractivity (Wildman–Crippen MR) is 103 cm³/mol. The molecule has 0 aliphatic heterocycles. The fourth-order valence-corrected chi connectivity index (χ4v) is 2.28. The van der Waals surface area contributed by atoms with Gasteiger partial charge in [-0.25, -0.2) is 4.79 Å². The Kier molecular flexibility index (Phi) is 6.38. The molecule has 0 aliphatic rings. The van der Waals surface area contributed by atoms with Crippen molar-refractivity contribution in [2.45, 2.75) is 39.3 Å². The summed E-state index contributed by atoms with van der Waals surface area (Å²) in [6, 6.07) is 10.6. The summed E-state index contributed by atoms with van der Waals surface area (Å²) in [7, 11) is 0. The number of hydrogen-bond donors (Lipinski definition) is 1. The number of furan rings is 1. The minimum atomic E-state index is -1.14. The second-order valence-electron chi connectivity index (χ2n) is 6.97. The summed E-state index contributed by atoms with van der Waals surface area (Å²) in [5.74, 6) is -1.39. The van der Waals surface area contributed by atoms with Crippen LogP contribution in [0.3, 0.4) is 0 Å². The van der Waals surface area contributed by atoms with Gasteiger partial charge in [0.1, 0.15) is 11.3 Å². The van der Waals surface area contributed by atoms with E-state index in [-0.39, 0.29) is 17.4 Å². The van der Waals surface area contributed by atoms with Crippen molar-refractivity contribution in [2.24, 2.45) is 5.92 Å². The molecule has 0 saturated heterocycles. The van der Waals surface area contributed by atoms with E-state index in [9.17, 15) is 25.0 Å². The summed E-state index contributed by atoms with van der Waals surface area (Å²) < 4.78 is 10.6. The van der Waals surface area contributed by atoms with Gasteiger partial charge in [0.05, 0.1) is 11.0 Å². The Labute approximate surface area is 167 Å². The van der Waals surface area contributed by atoms with E-state index >= 15 is 0 Å². The van der Waals surface area contributed by atoms with Crippen molar-refractivity contribution >= 4 is 17.6 Å². The molecule has 1 aromatic heterocycles. The molecule has 2 rings (SSSR count). The maximum Gasteiger partial charge on any atom is 0.375 e. The van der Waals surface area contributed by atoms with E-state index in [2.05, 4.69) is 5.32 Å². The minimum Gasteiger partial charge on any atom is -0.449 e. The number of nitrogens with zero attached hydrogens (tertiary/aromatic N) is 2. The highest BCUT2D eigenvalue weighted by molar-refractivity contribution is 5.90. The fraction of sp³-hybridized carbons (Fsp3) is 0.350. The lowest BCUT2D eigenvalue weighted by atomic mass is 9.90. The average Bonchev–Trinajstić information content (AvgIpc) is 3.18. The monoisotopic (exact) mass is 399 g/mol. The molecule has 0 unspecified atom stereocenters. The molecule has 0 radical (unpaired) electrons. The standard InChI is InChI=1S/C20H21N3O6/c1-12(2)20(4,11-21)22-18(24)13(3)28-19(25)17-10-9-16(29-17)14-5-7-15(8-6-14)23(26)27/h5-10,12-13H,1-4H3,(H,22,24)/t13-,20-/m0/s1. The van der Waals surface area contributed by atoms with Crippen molar-refractivity contribution in [3.8, 4) is 17.4 Å². The zero-order chi connectivity index (χ0) is 21.8. The van der Waals surface area contributed by atoms with E-state index in [4.69, 9.17) is 9.15 Å². The molecule has 0 fully saturated rings. The Morgan fingerprint density at radius 3 is 2.34 bits per heavy atom. The molecule has 0 saturated carbocycles. The van der Waals surface area contributed by atoms with Gasteiger partial charge in [-0.3, -0.25) is 14.9 Å². The highest BCUT2D eigenvalue weighted by Gasteiger charge is 2.33. The lowest BCUT2D eigenvalue weighted by molar-refractivity contribution is -0.384. The largest absolute Gasteiger partial charge is 0.449 e. The Morgan fingerprint density at radius 1 is 1.21 bits per heavy atom. The van der Waals surface area contributed by atoms with Gasteiger partial charge in [-0.15, -0.1) is 0 Å². The summed E-state index contributed by atoms with van der Waals surface area (Å²) in [5, 5.41) is 22.6. The number of non-ortho nitro benzene ring substituents is 1. The Balaban J connectivity index is 2.05. The second-order valence-corrected chi connectivity index (χ2v) is 6.97. The van der Waals surface area contributed by atoms with Gasteiger partial charge in [0.15, 0.2) is 6.10 Å². The van der Waals surface area contributed by atoms with Crippen LogP contribution in [0.25, 0.3) is 11.3 Å². The molecule has 2 atom stereocenters. The number of benzene rings is 1. The van der Waals surface area contributed by atoms with Gasteiger partial charge in [0.2, 0.25) is 5.76 Å². The van der Waals surface area contributed by atoms with Crippen LogP contribution in [0.1, 0.15) is 38.2 Å². The number of ether oxygens (including phenoxy) is 1. The number of rotatable bonds is 7. The fourth-order valence-electron chi connectivity index (χ4n) is 2.28. The third-order valence-electron chi connectivity index (χ3n) is 4.59. The summed E-state index contributed by atoms with van der Waals surface area (Å²) >= 11 is 0. The molecule has 1 heterocycles. The first-order chi connectivity index (χ1) is 13.6. The SMILES string of the molecule is CC(C)[C@](C)(C#N)NC(=O)[C@H](C)OC(=O)c1ccc(-c2ccc([N+](=O)[O-])cc2)o1. The number of nitrogens with one attached hydrogen (secondary N) is 1. The molecule has 29 heavy (non-hydrogen) atoms. The average molecular weight is 399 g/mol. The molecule has 1 amide bonds. The van der Waals surface area contributed by atoms with Crippen LogP contribution in [0.4, 0.5) is 5.69 Å². The number of carbonyl (C=O) groups excluding carboxylic acids is 2. The Bertz CT molecular complexity index is 957. The number of hydrogen-bond acceptors (Lipinski definition) is 7. The van der Waals surface area contributed by atoms with Gasteiger partial charge < -0.3 is 14.5 Å². The van der Waals surface area contributed by atoms with Crippen LogP contribution in [-0.2, 0) is 9.53 Å². The van der Waals surface area contributed by atoms with Gasteiger partial charge in [-0.1, -0.05) is 13.8 Å². The van der Waals surface area contributed by atoms with E-state index in [1.807, 2.05) is 6.07 Å². The normalized spacial score (nSPS) is 13.8. The van der Waals surface area contributed by atoms with Crippen molar-refractivity contribution in [3.05, 3.63) is 52.3 Å². The third kappa shape index (κ3) is 4.99. The van der Waals surface area contributed by atoms with Gasteiger partial charge in [-0.05, 0) is 44.0 Å². The van der Waals surface area contributed by atoms with E-state index in [1.165, 1.54) is 43.3 Å². The number of carbonyl (C=O) groups is 2. The molecule has 0 bridgehead atoms. The number of esters is 1. The number of nitriles is 1. The molecule has 0 spiro atoms. The molecule has 152 valence electrons. The molecule has 1 aromatic carbocycles. The Hall–Kier alpha value is -3.67. The van der Waals surface area contributed by atoms with Gasteiger partial charge in [0, 0.05) is 17.7 Å². The topological polar surface area (TPSA) is 135 Å². The maximum absolute atomic E-state index is 12.3. The minimum absolute atomic E-state index is 0.0643. The van der Waals surface area contributed by atoms with Crippen molar-refractivity contribution < 1.29 is 23.7 Å². The van der Waals surface area contributed by atoms with Crippen molar-refractivity contribution in [1.82, 2.24) is 5.32 Å². The molecule has 0 aliphatic carbocycles. The van der Waals surface area contributed by atoms with Gasteiger partial charge in [-0.2, -0.15) is 5.26 Å². The lowest BCUT2D eigenvalue weighted by Gasteiger charge is -2.28. The van der Waals surface area contributed by atoms with Crippen LogP contribution >= 0.6 is 0 Å². The molecular weight excluding hydrogens is 378 g/mol. The highest BCUT2D eigenvalue weighted by Crippen LogP contribution is 2.25. The number of nitro groups is 1. The van der Waals surface area contributed by atoms with Crippen LogP contribution in [-0.4, -0.2) is 28.4 Å². The quantitative estimate of drug-likeness (QED) is 0.428. The van der Waals surface area contributed by atoms with Gasteiger partial charge >= 0.3 is 5.97 Å². The zero-order valence-corrected chi connectivity index (χ0v) is 16.5. The van der Waals surface area contributed by atoms with Crippen LogP contribution < -0.4 is 5.32 Å². The maximum atomic E-state index is 12.3. The molecule has 9 nitrogen and oxygen atoms in total. The summed E-state index contributed by atoms with van der Waals surface area (Å²) in [6.45, 7) is 6.57. The molecule has 2 aromatic rings. The van der Waals surface area contributed by atoms with Crippen LogP contribution in [0.5, 0.6) is 0 Å².